The van der Waals surface area contributed by atoms with Crippen LogP contribution < -0.4 is 42.5 Å². The fraction of sp³-hybridized carbons (Fsp3) is 0.507. The van der Waals surface area contributed by atoms with E-state index in [9.17, 15) is 63.0 Å². The molecule has 530 valence electrons. The minimum Gasteiger partial charge on any atom is -0.481 e. The van der Waals surface area contributed by atoms with Gasteiger partial charge in [0.15, 0.2) is 0 Å². The van der Waals surface area contributed by atoms with Crippen molar-refractivity contribution in [3.05, 3.63) is 108 Å². The van der Waals surface area contributed by atoms with Crippen LogP contribution in [-0.2, 0) is 86.3 Å². The molecule has 0 bridgehead atoms. The van der Waals surface area contributed by atoms with Crippen LogP contribution in [-0.4, -0.2) is 187 Å². The average Bonchev–Trinajstić information content (AvgIpc) is 1.71. The third-order valence-electron chi connectivity index (χ3n) is 18.8. The maximum Gasteiger partial charge on any atom is 0.306 e. The number of hydrogen-bond acceptors (Lipinski definition) is 14. The summed E-state index contributed by atoms with van der Waals surface area (Å²) in [7, 11) is 0. The van der Waals surface area contributed by atoms with Crippen LogP contribution >= 0.6 is 0 Å². The van der Waals surface area contributed by atoms with Crippen LogP contribution in [0.2, 0.25) is 0 Å². The van der Waals surface area contributed by atoms with Crippen molar-refractivity contribution < 1.29 is 77.3 Å². The van der Waals surface area contributed by atoms with Crippen LogP contribution in [0.4, 0.5) is 0 Å². The molecule has 0 spiro atoms. The molecule has 0 radical (unpaired) electrons. The van der Waals surface area contributed by atoms with Gasteiger partial charge in [0.1, 0.15) is 66.5 Å². The van der Waals surface area contributed by atoms with E-state index in [1.807, 2.05) is 0 Å². The number of benzene rings is 3. The Hall–Kier alpha value is -10.2. The maximum atomic E-state index is 15.2. The van der Waals surface area contributed by atoms with Crippen molar-refractivity contribution in [2.24, 2.45) is 5.92 Å². The van der Waals surface area contributed by atoms with Gasteiger partial charge in [-0.05, 0) is 119 Å². The number of hydrogen-bond donors (Lipinski definition) is 12. The molecule has 3 aromatic carbocycles. The molecule has 2 aromatic heterocycles. The molecule has 4 fully saturated rings. The lowest BCUT2D eigenvalue weighted by atomic mass is 9.98. The van der Waals surface area contributed by atoms with Crippen molar-refractivity contribution in [3.63, 3.8) is 0 Å². The van der Waals surface area contributed by atoms with Crippen LogP contribution in [0.25, 0.3) is 21.8 Å². The van der Waals surface area contributed by atoms with Gasteiger partial charge in [-0.15, -0.1) is 0 Å². The van der Waals surface area contributed by atoms with Crippen molar-refractivity contribution in [3.8, 4) is 0 Å². The van der Waals surface area contributed by atoms with E-state index in [4.69, 9.17) is 4.74 Å². The number of para-hydroxylation sites is 2. The zero-order chi connectivity index (χ0) is 70.9. The lowest BCUT2D eigenvalue weighted by Gasteiger charge is -2.34. The SMILES string of the molecule is CC(C)C[C@@H]1NC(=O)[C@H](Cc2c[nH]c3ccccc23)NC(=O)[C@H](CCC(=O)O)NC(=O)[C@H](Cc2ccccc2)NC(=O)[C@@H]2CCCN2C(=O)[C@H]2CCCN2C(=O)[C@H](CCC(=O)OC2CCCCC2)NC(=O)[C@H](CCC(=O)O)NC(=O)[C@H](Cc2c[nH]c3ccccc23)NC(=O)[C@H](C)NC1=O. The fourth-order valence-corrected chi connectivity index (χ4v) is 13.5. The van der Waals surface area contributed by atoms with Crippen molar-refractivity contribution in [1.82, 2.24) is 62.3 Å². The minimum atomic E-state index is -1.70. The van der Waals surface area contributed by atoms with E-state index < -0.39 is 163 Å². The monoisotopic (exact) mass is 1370 g/mol. The molecule has 5 aromatic rings. The number of carbonyl (C=O) groups is 13. The zero-order valence-corrected chi connectivity index (χ0v) is 55.9. The van der Waals surface area contributed by atoms with Gasteiger partial charge in [0.05, 0.1) is 0 Å². The van der Waals surface area contributed by atoms with E-state index in [0.29, 0.717) is 64.2 Å². The molecule has 10 amide bonds. The zero-order valence-electron chi connectivity index (χ0n) is 55.9. The van der Waals surface area contributed by atoms with Gasteiger partial charge in [0.25, 0.3) is 0 Å². The Kier molecular flexibility index (Phi) is 25.4. The highest BCUT2D eigenvalue weighted by Gasteiger charge is 2.45. The van der Waals surface area contributed by atoms with E-state index in [0.717, 1.165) is 19.3 Å². The molecule has 9 rings (SSSR count). The maximum absolute atomic E-state index is 15.2. The first kappa shape index (κ1) is 73.1. The van der Waals surface area contributed by atoms with Gasteiger partial charge in [-0.1, -0.05) is 87.0 Å². The summed E-state index contributed by atoms with van der Waals surface area (Å²) in [6, 6.07) is 8.13. The predicted molar refractivity (Wildman–Crippen MR) is 360 cm³/mol. The summed E-state index contributed by atoms with van der Waals surface area (Å²) < 4.78 is 5.80. The molecule has 5 heterocycles. The topological polar surface area (TPSA) is 406 Å². The van der Waals surface area contributed by atoms with E-state index in [2.05, 4.69) is 52.5 Å². The Labute approximate surface area is 572 Å². The fourth-order valence-electron chi connectivity index (χ4n) is 13.5. The molecule has 1 aliphatic carbocycles. The summed E-state index contributed by atoms with van der Waals surface area (Å²) >= 11 is 0. The highest BCUT2D eigenvalue weighted by atomic mass is 16.5. The van der Waals surface area contributed by atoms with Crippen LogP contribution in [0.1, 0.15) is 140 Å². The minimum absolute atomic E-state index is 0.00508. The van der Waals surface area contributed by atoms with Gasteiger partial charge >= 0.3 is 17.9 Å². The first-order valence-corrected chi connectivity index (χ1v) is 34.3. The Bertz CT molecular complexity index is 3770. The molecule has 12 N–H and O–H groups in total. The number of H-pyrrole nitrogens is 2. The van der Waals surface area contributed by atoms with Crippen molar-refractivity contribution in [1.29, 1.82) is 0 Å². The van der Waals surface area contributed by atoms with Gasteiger partial charge in [-0.2, -0.15) is 0 Å². The number of esters is 1. The van der Waals surface area contributed by atoms with E-state index in [1.165, 1.54) is 16.7 Å². The van der Waals surface area contributed by atoms with E-state index in [1.54, 1.807) is 105 Å². The summed E-state index contributed by atoms with van der Waals surface area (Å²) in [5.74, 6) is -12.4. The average molecular weight is 1370 g/mol. The highest BCUT2D eigenvalue weighted by molar-refractivity contribution is 6.01. The molecule has 28 heteroatoms. The number of aliphatic carboxylic acids is 2. The molecular formula is C71H90N12O16. The Morgan fingerprint density at radius 3 is 1.43 bits per heavy atom. The molecule has 28 nitrogen and oxygen atoms in total. The molecule has 3 aliphatic heterocycles. The van der Waals surface area contributed by atoms with Crippen LogP contribution in [0, 0.1) is 5.92 Å². The van der Waals surface area contributed by atoms with Gasteiger partial charge in [0.2, 0.25) is 59.1 Å². The molecular weight excluding hydrogens is 1280 g/mol. The van der Waals surface area contributed by atoms with Crippen molar-refractivity contribution in [2.45, 2.75) is 209 Å². The smallest absolute Gasteiger partial charge is 0.306 e. The van der Waals surface area contributed by atoms with Gasteiger partial charge in [-0.3, -0.25) is 62.3 Å². The first-order valence-electron chi connectivity index (χ1n) is 34.3. The van der Waals surface area contributed by atoms with Crippen LogP contribution in [0.3, 0.4) is 0 Å². The summed E-state index contributed by atoms with van der Waals surface area (Å²) in [6.07, 6.45) is 4.02. The Morgan fingerprint density at radius 1 is 0.455 bits per heavy atom. The van der Waals surface area contributed by atoms with Gasteiger partial charge in [0, 0.05) is 85.8 Å². The predicted octanol–water partition coefficient (Wildman–Crippen LogP) is 3.00. The summed E-state index contributed by atoms with van der Waals surface area (Å²) in [5.41, 5.74) is 3.02. The summed E-state index contributed by atoms with van der Waals surface area (Å²) in [5, 5.41) is 42.9. The lowest BCUT2D eigenvalue weighted by molar-refractivity contribution is -0.152. The van der Waals surface area contributed by atoms with Crippen molar-refractivity contribution >= 4 is 98.8 Å². The quantitative estimate of drug-likeness (QED) is 0.0561. The van der Waals surface area contributed by atoms with Crippen molar-refractivity contribution in [2.75, 3.05) is 13.1 Å². The third-order valence-corrected chi connectivity index (χ3v) is 18.8. The first-order chi connectivity index (χ1) is 47.5. The largest absolute Gasteiger partial charge is 0.481 e. The van der Waals surface area contributed by atoms with Crippen LogP contribution in [0.15, 0.2) is 91.3 Å². The molecule has 4 aliphatic rings. The second kappa shape index (κ2) is 34.4. The summed E-state index contributed by atoms with van der Waals surface area (Å²) in [4.78, 5) is 196. The number of aromatic nitrogens is 2. The standard InChI is InChI=1S/C71H90N12O16/c1-40(2)34-53-65(92)74-41(3)62(89)78-55(36-43-38-72-48-22-12-10-20-46(43)48)67(94)76-50(26-29-59(84)85)63(90)77-52(28-31-61(88)99-45-18-8-5-9-19-45)70(97)83-33-15-25-58(83)71(98)82-32-14-24-57(82)69(96)81-54(35-42-16-6-4-7-17-42)66(93)75-51(27-30-60(86)87)64(91)80-56(68(95)79-53)37-44-39-73-49-23-13-11-21-47(44)49/h4,6-7,10-13,16-17,20-23,38-41,45,50-58,72-73H,5,8-9,14-15,18-19,24-37H2,1-3H3,(H,74,92)(H,75,93)(H,76,94)(H,77,90)(H,78,89)(H,79,95)(H,80,91)(H,81,96)(H,84,85)(H,86,87)/t41-,50-,51-,52-,53-,54-,55-,56-,57-,58+/m0/s1. The van der Waals surface area contributed by atoms with Crippen LogP contribution in [0.5, 0.6) is 0 Å². The second-order valence-electron chi connectivity index (χ2n) is 26.6. The highest BCUT2D eigenvalue weighted by Crippen LogP contribution is 2.28. The molecule has 0 unspecified atom stereocenters. The normalized spacial score (nSPS) is 24.9. The summed E-state index contributed by atoms with van der Waals surface area (Å²) in [6.45, 7) is 4.94. The number of aromatic amines is 2. The number of ether oxygens (including phenoxy) is 1. The molecule has 99 heavy (non-hydrogen) atoms. The lowest BCUT2D eigenvalue weighted by Crippen LogP contribution is -2.61. The number of amides is 10. The number of carboxylic acid groups (broad SMARTS) is 2. The number of rotatable bonds is 18. The Balaban J connectivity index is 1.09. The Morgan fingerprint density at radius 2 is 0.889 bits per heavy atom. The molecule has 1 saturated carbocycles. The number of nitrogens with zero attached hydrogens (tertiary/aromatic N) is 2. The van der Waals surface area contributed by atoms with E-state index >= 15 is 9.59 Å². The molecule has 10 atom stereocenters. The second-order valence-corrected chi connectivity index (χ2v) is 26.6. The van der Waals surface area contributed by atoms with Gasteiger partial charge < -0.3 is 77.3 Å². The number of fused-ring (bicyclic) bond motifs is 4. The third kappa shape index (κ3) is 19.8. The van der Waals surface area contributed by atoms with E-state index in [-0.39, 0.29) is 76.5 Å². The molecule has 3 saturated heterocycles. The van der Waals surface area contributed by atoms with Gasteiger partial charge in [-0.25, -0.2) is 0 Å². The number of carbonyl (C=O) groups excluding carboxylic acids is 11. The number of carboxylic acids is 2. The number of nitrogens with one attached hydrogen (secondary N) is 10.